The minimum absolute atomic E-state index is 0.0954. The van der Waals surface area contributed by atoms with Crippen LogP contribution in [-0.4, -0.2) is 38.9 Å². The number of nitrogens with one attached hydrogen (secondary N) is 1. The number of nitrogens with zero attached hydrogens (tertiary/aromatic N) is 1. The minimum Gasteiger partial charge on any atom is -0.319 e. The van der Waals surface area contributed by atoms with Crippen LogP contribution in [-0.2, 0) is 16.4 Å². The Hall–Kier alpha value is -1.17. The molecule has 5 heteroatoms. The molecule has 0 aromatic heterocycles. The van der Waals surface area contributed by atoms with Gasteiger partial charge in [-0.05, 0) is 51.6 Å². The average molecular weight is 296 g/mol. The summed E-state index contributed by atoms with van der Waals surface area (Å²) in [5.41, 5.74) is 1.12. The highest BCUT2D eigenvalue weighted by Gasteiger charge is 2.25. The van der Waals surface area contributed by atoms with Gasteiger partial charge >= 0.3 is 0 Å². The van der Waals surface area contributed by atoms with Crippen molar-refractivity contribution in [3.05, 3.63) is 42.5 Å². The largest absolute Gasteiger partial charge is 0.319 e. The van der Waals surface area contributed by atoms with Gasteiger partial charge < -0.3 is 5.32 Å². The Morgan fingerprint density at radius 1 is 1.30 bits per heavy atom. The van der Waals surface area contributed by atoms with Crippen molar-refractivity contribution in [1.82, 2.24) is 9.62 Å². The first-order valence-corrected chi connectivity index (χ1v) is 8.23. The standard InChI is InChI=1S/C15H24N2O2S/c1-5-12-17(13(2)3)20(18,19)15-8-6-14(7-9-15)10-11-16-4/h5-9,13,16H,1,10-12H2,2-4H3. The zero-order valence-electron chi connectivity index (χ0n) is 12.5. The molecule has 0 atom stereocenters. The van der Waals surface area contributed by atoms with Gasteiger partial charge in [0.05, 0.1) is 4.90 Å². The molecule has 1 aromatic rings. The van der Waals surface area contributed by atoms with Crippen molar-refractivity contribution in [1.29, 1.82) is 0 Å². The summed E-state index contributed by atoms with van der Waals surface area (Å²) in [7, 11) is -1.56. The second-order valence-electron chi connectivity index (χ2n) is 4.95. The van der Waals surface area contributed by atoms with Crippen LogP contribution in [0, 0.1) is 0 Å². The van der Waals surface area contributed by atoms with Crippen molar-refractivity contribution >= 4 is 10.0 Å². The summed E-state index contributed by atoms with van der Waals surface area (Å²) >= 11 is 0. The number of benzene rings is 1. The molecule has 0 aliphatic carbocycles. The highest BCUT2D eigenvalue weighted by Crippen LogP contribution is 2.19. The third-order valence-corrected chi connectivity index (χ3v) is 5.13. The quantitative estimate of drug-likeness (QED) is 0.747. The summed E-state index contributed by atoms with van der Waals surface area (Å²) < 4.78 is 26.6. The molecule has 0 unspecified atom stereocenters. The van der Waals surface area contributed by atoms with E-state index in [4.69, 9.17) is 0 Å². The highest BCUT2D eigenvalue weighted by molar-refractivity contribution is 7.89. The van der Waals surface area contributed by atoms with Gasteiger partial charge in [-0.3, -0.25) is 0 Å². The van der Waals surface area contributed by atoms with Crippen LogP contribution in [0.15, 0.2) is 41.8 Å². The van der Waals surface area contributed by atoms with E-state index in [0.717, 1.165) is 18.5 Å². The van der Waals surface area contributed by atoms with Crippen molar-refractivity contribution in [3.63, 3.8) is 0 Å². The molecule has 4 nitrogen and oxygen atoms in total. The average Bonchev–Trinajstić information content (AvgIpc) is 2.42. The first-order valence-electron chi connectivity index (χ1n) is 6.79. The third-order valence-electron chi connectivity index (χ3n) is 3.08. The predicted octanol–water partition coefficient (Wildman–Crippen LogP) is 2.03. The van der Waals surface area contributed by atoms with E-state index in [2.05, 4.69) is 11.9 Å². The zero-order valence-corrected chi connectivity index (χ0v) is 13.3. The molecule has 0 aliphatic heterocycles. The molecule has 20 heavy (non-hydrogen) atoms. The first kappa shape index (κ1) is 16.9. The van der Waals surface area contributed by atoms with Crippen molar-refractivity contribution in [2.45, 2.75) is 31.2 Å². The fourth-order valence-corrected chi connectivity index (χ4v) is 3.55. The van der Waals surface area contributed by atoms with Crippen LogP contribution in [0.25, 0.3) is 0 Å². The number of likely N-dealkylation sites (N-methyl/N-ethyl adjacent to an activating group) is 1. The molecule has 0 saturated heterocycles. The van der Waals surface area contributed by atoms with Gasteiger partial charge in [-0.15, -0.1) is 6.58 Å². The normalized spacial score (nSPS) is 12.1. The predicted molar refractivity (Wildman–Crippen MR) is 83.3 cm³/mol. The summed E-state index contributed by atoms with van der Waals surface area (Å²) in [6, 6.07) is 7.01. The van der Waals surface area contributed by atoms with E-state index in [9.17, 15) is 8.42 Å². The van der Waals surface area contributed by atoms with Crippen molar-refractivity contribution in [2.75, 3.05) is 20.1 Å². The third kappa shape index (κ3) is 4.16. The van der Waals surface area contributed by atoms with E-state index in [-0.39, 0.29) is 6.04 Å². The van der Waals surface area contributed by atoms with E-state index >= 15 is 0 Å². The molecule has 112 valence electrons. The molecular formula is C15H24N2O2S. The Balaban J connectivity index is 2.99. The first-order chi connectivity index (χ1) is 9.43. The molecule has 0 radical (unpaired) electrons. The summed E-state index contributed by atoms with van der Waals surface area (Å²) in [6.45, 7) is 8.55. The Morgan fingerprint density at radius 2 is 1.90 bits per heavy atom. The molecule has 0 fully saturated rings. The zero-order chi connectivity index (χ0) is 15.2. The molecule has 0 amide bonds. The Bertz CT molecular complexity index is 521. The maximum absolute atomic E-state index is 12.6. The Kier molecular flexibility index (Phi) is 6.39. The lowest BCUT2D eigenvalue weighted by molar-refractivity contribution is 0.383. The van der Waals surface area contributed by atoms with Crippen molar-refractivity contribution < 1.29 is 8.42 Å². The fraction of sp³-hybridized carbons (Fsp3) is 0.467. The summed E-state index contributed by atoms with van der Waals surface area (Å²) in [5.74, 6) is 0. The van der Waals surface area contributed by atoms with Crippen molar-refractivity contribution in [3.8, 4) is 0 Å². The number of hydrogen-bond donors (Lipinski definition) is 1. The summed E-state index contributed by atoms with van der Waals surface area (Å²) in [5, 5.41) is 3.07. The lowest BCUT2D eigenvalue weighted by Crippen LogP contribution is -2.37. The van der Waals surface area contributed by atoms with Gasteiger partial charge in [0, 0.05) is 12.6 Å². The molecule has 0 heterocycles. The smallest absolute Gasteiger partial charge is 0.243 e. The van der Waals surface area contributed by atoms with Crippen LogP contribution in [0.4, 0.5) is 0 Å². The van der Waals surface area contributed by atoms with Crippen LogP contribution in [0.2, 0.25) is 0 Å². The van der Waals surface area contributed by atoms with E-state index in [0.29, 0.717) is 11.4 Å². The molecule has 0 bridgehead atoms. The lowest BCUT2D eigenvalue weighted by atomic mass is 10.1. The van der Waals surface area contributed by atoms with Crippen LogP contribution < -0.4 is 5.32 Å². The maximum atomic E-state index is 12.6. The van der Waals surface area contributed by atoms with Crippen LogP contribution in [0.1, 0.15) is 19.4 Å². The van der Waals surface area contributed by atoms with E-state index < -0.39 is 10.0 Å². The molecule has 0 saturated carbocycles. The van der Waals surface area contributed by atoms with Crippen LogP contribution in [0.3, 0.4) is 0 Å². The van der Waals surface area contributed by atoms with Crippen molar-refractivity contribution in [2.24, 2.45) is 0 Å². The van der Waals surface area contributed by atoms with E-state index in [1.54, 1.807) is 18.2 Å². The SMILES string of the molecule is C=CCN(C(C)C)S(=O)(=O)c1ccc(CCNC)cc1. The van der Waals surface area contributed by atoms with Gasteiger partial charge in [-0.25, -0.2) is 8.42 Å². The van der Waals surface area contributed by atoms with Gasteiger partial charge in [-0.2, -0.15) is 4.31 Å². The molecule has 0 spiro atoms. The summed E-state index contributed by atoms with van der Waals surface area (Å²) in [6.07, 6.45) is 2.50. The maximum Gasteiger partial charge on any atom is 0.243 e. The highest BCUT2D eigenvalue weighted by atomic mass is 32.2. The van der Waals surface area contributed by atoms with Crippen LogP contribution in [0.5, 0.6) is 0 Å². The second kappa shape index (κ2) is 7.57. The van der Waals surface area contributed by atoms with Gasteiger partial charge in [0.25, 0.3) is 0 Å². The lowest BCUT2D eigenvalue weighted by Gasteiger charge is -2.24. The molecule has 0 aliphatic rings. The molecular weight excluding hydrogens is 272 g/mol. The second-order valence-corrected chi connectivity index (χ2v) is 6.85. The topological polar surface area (TPSA) is 49.4 Å². The monoisotopic (exact) mass is 296 g/mol. The fourth-order valence-electron chi connectivity index (χ4n) is 1.95. The minimum atomic E-state index is -3.45. The van der Waals surface area contributed by atoms with E-state index in [1.165, 1.54) is 4.31 Å². The van der Waals surface area contributed by atoms with Gasteiger partial charge in [0.2, 0.25) is 10.0 Å². The Labute approximate surface area is 122 Å². The summed E-state index contributed by atoms with van der Waals surface area (Å²) in [4.78, 5) is 0.334. The number of rotatable bonds is 8. The van der Waals surface area contributed by atoms with Gasteiger partial charge in [-0.1, -0.05) is 18.2 Å². The van der Waals surface area contributed by atoms with E-state index in [1.807, 2.05) is 33.0 Å². The molecule has 1 N–H and O–H groups in total. The Morgan fingerprint density at radius 3 is 2.35 bits per heavy atom. The van der Waals surface area contributed by atoms with Crippen LogP contribution >= 0.6 is 0 Å². The van der Waals surface area contributed by atoms with Gasteiger partial charge in [0.15, 0.2) is 0 Å². The molecule has 1 rings (SSSR count). The molecule has 1 aromatic carbocycles. The number of sulfonamides is 1. The van der Waals surface area contributed by atoms with Gasteiger partial charge in [0.1, 0.15) is 0 Å². The number of hydrogen-bond acceptors (Lipinski definition) is 3.